The fourth-order valence-electron chi connectivity index (χ4n) is 3.26. The van der Waals surface area contributed by atoms with E-state index in [0.29, 0.717) is 12.1 Å². The zero-order valence-corrected chi connectivity index (χ0v) is 12.0. The molecule has 0 radical (unpaired) electrons. The number of pyridine rings is 1. The SMILES string of the molecule is CCOC(C)c1ccc2c(n1)N1C(CNC[C@H]1C)C2. The summed E-state index contributed by atoms with van der Waals surface area (Å²) < 4.78 is 5.66. The molecule has 0 amide bonds. The average Bonchev–Trinajstić information content (AvgIpc) is 2.77. The van der Waals surface area contributed by atoms with Gasteiger partial charge in [0.25, 0.3) is 0 Å². The van der Waals surface area contributed by atoms with Gasteiger partial charge < -0.3 is 15.0 Å². The number of aromatic nitrogens is 1. The summed E-state index contributed by atoms with van der Waals surface area (Å²) in [6.07, 6.45) is 1.19. The number of anilines is 1. The van der Waals surface area contributed by atoms with Crippen molar-refractivity contribution in [1.29, 1.82) is 0 Å². The predicted octanol–water partition coefficient (Wildman–Crippen LogP) is 1.90. The highest BCUT2D eigenvalue weighted by Gasteiger charge is 2.36. The highest BCUT2D eigenvalue weighted by Crippen LogP contribution is 2.34. The molecule has 104 valence electrons. The Morgan fingerprint density at radius 2 is 2.32 bits per heavy atom. The van der Waals surface area contributed by atoms with E-state index in [0.717, 1.165) is 31.8 Å². The molecule has 0 saturated carbocycles. The number of nitrogens with zero attached hydrogens (tertiary/aromatic N) is 2. The van der Waals surface area contributed by atoms with E-state index in [9.17, 15) is 0 Å². The van der Waals surface area contributed by atoms with Crippen molar-refractivity contribution in [3.8, 4) is 0 Å². The lowest BCUT2D eigenvalue weighted by Gasteiger charge is -2.37. The van der Waals surface area contributed by atoms with E-state index in [4.69, 9.17) is 9.72 Å². The molecule has 3 rings (SSSR count). The summed E-state index contributed by atoms with van der Waals surface area (Å²) in [5, 5.41) is 3.50. The average molecular weight is 261 g/mol. The van der Waals surface area contributed by atoms with Gasteiger partial charge in [0, 0.05) is 31.8 Å². The highest BCUT2D eigenvalue weighted by atomic mass is 16.5. The molecule has 3 atom stereocenters. The minimum atomic E-state index is 0.0765. The molecule has 0 aromatic carbocycles. The molecule has 1 fully saturated rings. The van der Waals surface area contributed by atoms with Crippen molar-refractivity contribution in [1.82, 2.24) is 10.3 Å². The van der Waals surface area contributed by atoms with E-state index in [2.05, 4.69) is 36.2 Å². The summed E-state index contributed by atoms with van der Waals surface area (Å²) in [6.45, 7) is 9.21. The number of hydrogen-bond donors (Lipinski definition) is 1. The lowest BCUT2D eigenvalue weighted by molar-refractivity contribution is 0.0734. The summed E-state index contributed by atoms with van der Waals surface area (Å²) in [5.74, 6) is 1.18. The maximum atomic E-state index is 5.66. The maximum absolute atomic E-state index is 5.66. The van der Waals surface area contributed by atoms with Crippen LogP contribution < -0.4 is 10.2 Å². The Morgan fingerprint density at radius 1 is 1.47 bits per heavy atom. The van der Waals surface area contributed by atoms with Crippen LogP contribution in [-0.2, 0) is 11.2 Å². The molecular formula is C15H23N3O. The topological polar surface area (TPSA) is 37.4 Å². The second kappa shape index (κ2) is 5.10. The van der Waals surface area contributed by atoms with Gasteiger partial charge in [-0.3, -0.25) is 0 Å². The molecule has 19 heavy (non-hydrogen) atoms. The van der Waals surface area contributed by atoms with Gasteiger partial charge in [-0.2, -0.15) is 0 Å². The molecule has 1 saturated heterocycles. The monoisotopic (exact) mass is 261 g/mol. The molecule has 1 N–H and O–H groups in total. The zero-order chi connectivity index (χ0) is 13.4. The largest absolute Gasteiger partial charge is 0.372 e. The molecule has 0 aliphatic carbocycles. The van der Waals surface area contributed by atoms with Crippen LogP contribution in [0.5, 0.6) is 0 Å². The molecule has 2 aliphatic rings. The minimum Gasteiger partial charge on any atom is -0.372 e. The lowest BCUT2D eigenvalue weighted by atomic mass is 10.1. The molecular weight excluding hydrogens is 238 g/mol. The van der Waals surface area contributed by atoms with Crippen LogP contribution in [-0.4, -0.2) is 36.8 Å². The third-order valence-electron chi connectivity index (χ3n) is 4.20. The number of hydrogen-bond acceptors (Lipinski definition) is 4. The van der Waals surface area contributed by atoms with Crippen LogP contribution in [0.3, 0.4) is 0 Å². The molecule has 4 heteroatoms. The van der Waals surface area contributed by atoms with Gasteiger partial charge in [0.15, 0.2) is 0 Å². The van der Waals surface area contributed by atoms with Crippen LogP contribution in [0.25, 0.3) is 0 Å². The predicted molar refractivity (Wildman–Crippen MR) is 76.6 cm³/mol. The van der Waals surface area contributed by atoms with Gasteiger partial charge in [-0.05, 0) is 38.8 Å². The summed E-state index contributed by atoms with van der Waals surface area (Å²) in [4.78, 5) is 7.37. The Kier molecular flexibility index (Phi) is 3.46. The molecule has 0 spiro atoms. The van der Waals surface area contributed by atoms with E-state index in [-0.39, 0.29) is 6.10 Å². The van der Waals surface area contributed by atoms with Crippen molar-refractivity contribution in [2.24, 2.45) is 0 Å². The third-order valence-corrected chi connectivity index (χ3v) is 4.20. The molecule has 3 heterocycles. The third kappa shape index (κ3) is 2.23. The van der Waals surface area contributed by atoms with Gasteiger partial charge in [-0.15, -0.1) is 0 Å². The molecule has 1 aromatic rings. The standard InChI is InChI=1S/C15H23N3O/c1-4-19-11(3)14-6-5-12-7-13-9-16-8-10(2)18(13)15(12)17-14/h5-6,10-11,13,16H,4,7-9H2,1-3H3/t10-,11?,13?/m1/s1. The quantitative estimate of drug-likeness (QED) is 0.902. The number of fused-ring (bicyclic) bond motifs is 3. The summed E-state index contributed by atoms with van der Waals surface area (Å²) >= 11 is 0. The van der Waals surface area contributed by atoms with Crippen molar-refractivity contribution < 1.29 is 4.74 Å². The van der Waals surface area contributed by atoms with Crippen LogP contribution in [0.2, 0.25) is 0 Å². The Labute approximate surface area is 115 Å². The van der Waals surface area contributed by atoms with Crippen molar-refractivity contribution in [3.05, 3.63) is 23.4 Å². The first-order valence-electron chi connectivity index (χ1n) is 7.31. The molecule has 2 unspecified atom stereocenters. The molecule has 4 nitrogen and oxygen atoms in total. The van der Waals surface area contributed by atoms with Crippen molar-refractivity contribution in [2.45, 2.75) is 45.4 Å². The number of ether oxygens (including phenoxy) is 1. The van der Waals surface area contributed by atoms with Crippen LogP contribution in [0.4, 0.5) is 5.82 Å². The maximum Gasteiger partial charge on any atom is 0.132 e. The Hall–Kier alpha value is -1.13. The first-order chi connectivity index (χ1) is 9.20. The van der Waals surface area contributed by atoms with Crippen LogP contribution in [0.15, 0.2) is 12.1 Å². The first kappa shape index (κ1) is 12.9. The smallest absolute Gasteiger partial charge is 0.132 e. The molecule has 1 aromatic heterocycles. The summed E-state index contributed by atoms with van der Waals surface area (Å²) in [7, 11) is 0. The van der Waals surface area contributed by atoms with Crippen LogP contribution in [0.1, 0.15) is 38.1 Å². The fourth-order valence-corrected chi connectivity index (χ4v) is 3.26. The van der Waals surface area contributed by atoms with Gasteiger partial charge in [-0.1, -0.05) is 6.07 Å². The fraction of sp³-hybridized carbons (Fsp3) is 0.667. The van der Waals surface area contributed by atoms with E-state index in [1.165, 1.54) is 11.4 Å². The van der Waals surface area contributed by atoms with Crippen molar-refractivity contribution in [3.63, 3.8) is 0 Å². The molecule has 2 aliphatic heterocycles. The summed E-state index contributed by atoms with van der Waals surface area (Å²) in [6, 6.07) is 5.45. The second-order valence-corrected chi connectivity index (χ2v) is 5.59. The van der Waals surface area contributed by atoms with Gasteiger partial charge in [0.05, 0.1) is 11.8 Å². The Morgan fingerprint density at radius 3 is 3.11 bits per heavy atom. The van der Waals surface area contributed by atoms with Gasteiger partial charge in [0.2, 0.25) is 0 Å². The Bertz CT molecular complexity index is 463. The normalized spacial score (nSPS) is 27.0. The van der Waals surface area contributed by atoms with Gasteiger partial charge in [-0.25, -0.2) is 4.98 Å². The van der Waals surface area contributed by atoms with Gasteiger partial charge in [0.1, 0.15) is 5.82 Å². The minimum absolute atomic E-state index is 0.0765. The second-order valence-electron chi connectivity index (χ2n) is 5.59. The van der Waals surface area contributed by atoms with Gasteiger partial charge >= 0.3 is 0 Å². The number of nitrogens with one attached hydrogen (secondary N) is 1. The molecule has 0 bridgehead atoms. The lowest BCUT2D eigenvalue weighted by Crippen LogP contribution is -2.55. The van der Waals surface area contributed by atoms with E-state index in [1.54, 1.807) is 0 Å². The first-order valence-corrected chi connectivity index (χ1v) is 7.31. The number of rotatable bonds is 3. The number of piperazine rings is 1. The zero-order valence-electron chi connectivity index (χ0n) is 12.0. The highest BCUT2D eigenvalue weighted by molar-refractivity contribution is 5.56. The van der Waals surface area contributed by atoms with E-state index in [1.807, 2.05) is 6.92 Å². The Balaban J connectivity index is 1.91. The van der Waals surface area contributed by atoms with Crippen LogP contribution >= 0.6 is 0 Å². The van der Waals surface area contributed by atoms with Crippen molar-refractivity contribution in [2.75, 3.05) is 24.6 Å². The van der Waals surface area contributed by atoms with Crippen LogP contribution in [0, 0.1) is 0 Å². The van der Waals surface area contributed by atoms with E-state index >= 15 is 0 Å². The van der Waals surface area contributed by atoms with Crippen molar-refractivity contribution >= 4 is 5.82 Å². The van der Waals surface area contributed by atoms with E-state index < -0.39 is 0 Å². The summed E-state index contributed by atoms with van der Waals surface area (Å²) in [5.41, 5.74) is 2.43.